The number of nitrogens with zero attached hydrogens (tertiary/aromatic N) is 4. The van der Waals surface area contributed by atoms with Crippen molar-refractivity contribution in [1.82, 2.24) is 40.4 Å². The van der Waals surface area contributed by atoms with E-state index in [1.807, 2.05) is 31.0 Å². The highest BCUT2D eigenvalue weighted by Gasteiger charge is 2.39. The molecular weight excluding hydrogens is 729 g/mol. The summed E-state index contributed by atoms with van der Waals surface area (Å²) in [7, 11) is 4.05. The van der Waals surface area contributed by atoms with E-state index in [1.165, 1.54) is 21.3 Å². The molecule has 2 fully saturated rings. The van der Waals surface area contributed by atoms with Crippen LogP contribution in [0.1, 0.15) is 70.2 Å². The van der Waals surface area contributed by atoms with E-state index in [0.29, 0.717) is 18.9 Å². The zero-order valence-corrected chi connectivity index (χ0v) is 33.1. The number of methoxy groups -OCH3 is 3. The molecule has 2 aromatic heterocycles. The minimum absolute atomic E-state index is 0.111. The van der Waals surface area contributed by atoms with Gasteiger partial charge in [0.2, 0.25) is 11.8 Å². The van der Waals surface area contributed by atoms with Gasteiger partial charge in [-0.15, -0.1) is 0 Å². The molecule has 7 rings (SSSR count). The summed E-state index contributed by atoms with van der Waals surface area (Å²) in [6.07, 6.45) is 3.10. The van der Waals surface area contributed by atoms with Crippen molar-refractivity contribution < 1.29 is 33.4 Å². The molecular formula is C42H50N8O7. The molecule has 15 heteroatoms. The molecule has 4 heterocycles. The van der Waals surface area contributed by atoms with Gasteiger partial charge in [-0.1, -0.05) is 44.2 Å². The number of H-pyrrole nitrogens is 2. The number of aromatic amines is 2. The van der Waals surface area contributed by atoms with E-state index < -0.39 is 30.4 Å². The second-order valence-electron chi connectivity index (χ2n) is 15.1. The average molecular weight is 779 g/mol. The lowest BCUT2D eigenvalue weighted by atomic mass is 9.99. The van der Waals surface area contributed by atoms with Crippen LogP contribution in [0.5, 0.6) is 0 Å². The third-order valence-electron chi connectivity index (χ3n) is 11.2. The van der Waals surface area contributed by atoms with Gasteiger partial charge >= 0.3 is 12.2 Å². The van der Waals surface area contributed by atoms with Gasteiger partial charge < -0.3 is 44.6 Å². The standard InChI is InChI=1S/C42H50N8O7/c1-23(2)35(47-41(53)56-5)39(51)49-17-7-9-33(49)37-43-22-32(46-37)29-14-13-25-19-26(11-12-27(25)20-29)28-15-16-30-31(21-28)45-38(44-30)34-10-8-18-50(34)40(52)36(24(3)55-4)48-42(54)57-6/h11-16,19-24,33-36H,7-10,17-18H2,1-6H3,(H,43,46)(H,44,45)(H,47,53)(H,48,54)/t24-,33?,34+,35+,36+/m1/s1. The molecule has 5 atom stereocenters. The molecule has 57 heavy (non-hydrogen) atoms. The molecule has 15 nitrogen and oxygen atoms in total. The van der Waals surface area contributed by atoms with Crippen LogP contribution in [0.25, 0.3) is 44.2 Å². The Hall–Kier alpha value is -5.96. The highest BCUT2D eigenvalue weighted by Crippen LogP contribution is 2.36. The van der Waals surface area contributed by atoms with Crippen LogP contribution < -0.4 is 10.6 Å². The average Bonchev–Trinajstić information content (AvgIpc) is 4.06. The first-order chi connectivity index (χ1) is 27.5. The van der Waals surface area contributed by atoms with Gasteiger partial charge in [-0.05, 0) is 84.7 Å². The van der Waals surface area contributed by atoms with Crippen molar-refractivity contribution in [2.24, 2.45) is 5.92 Å². The van der Waals surface area contributed by atoms with E-state index in [1.54, 1.807) is 11.8 Å². The van der Waals surface area contributed by atoms with Crippen molar-refractivity contribution in [3.05, 3.63) is 72.4 Å². The number of hydrogen-bond acceptors (Lipinski definition) is 9. The molecule has 4 amide bonds. The predicted octanol–water partition coefficient (Wildman–Crippen LogP) is 6.24. The minimum atomic E-state index is -0.901. The normalized spacial score (nSPS) is 18.5. The topological polar surface area (TPSA) is 184 Å². The van der Waals surface area contributed by atoms with Crippen LogP contribution in [0, 0.1) is 5.92 Å². The van der Waals surface area contributed by atoms with Crippen molar-refractivity contribution in [3.63, 3.8) is 0 Å². The molecule has 3 aromatic carbocycles. The van der Waals surface area contributed by atoms with Crippen LogP contribution in [0.15, 0.2) is 60.8 Å². The zero-order chi connectivity index (χ0) is 40.4. The summed E-state index contributed by atoms with van der Waals surface area (Å²) < 4.78 is 14.9. The maximum Gasteiger partial charge on any atom is 0.407 e. The van der Waals surface area contributed by atoms with Crippen molar-refractivity contribution in [3.8, 4) is 22.4 Å². The van der Waals surface area contributed by atoms with E-state index in [4.69, 9.17) is 24.2 Å². The Kier molecular flexibility index (Phi) is 11.5. The van der Waals surface area contributed by atoms with Gasteiger partial charge in [0.05, 0.1) is 55.3 Å². The number of fused-ring (bicyclic) bond motifs is 2. The Labute approximate surface area is 330 Å². The Morgan fingerprint density at radius 1 is 0.719 bits per heavy atom. The number of carbonyl (C=O) groups excluding carboxylic acids is 4. The fraction of sp³-hybridized carbons (Fsp3) is 0.429. The second kappa shape index (κ2) is 16.6. The second-order valence-corrected chi connectivity index (χ2v) is 15.1. The van der Waals surface area contributed by atoms with E-state index in [-0.39, 0.29) is 29.8 Å². The molecule has 5 aromatic rings. The first kappa shape index (κ1) is 39.3. The van der Waals surface area contributed by atoms with Crippen LogP contribution in [0.2, 0.25) is 0 Å². The summed E-state index contributed by atoms with van der Waals surface area (Å²) in [5.41, 5.74) is 5.57. The molecule has 2 saturated heterocycles. The van der Waals surface area contributed by atoms with E-state index in [9.17, 15) is 19.2 Å². The number of hydrogen-bond donors (Lipinski definition) is 4. The molecule has 4 N–H and O–H groups in total. The minimum Gasteiger partial charge on any atom is -0.453 e. The summed E-state index contributed by atoms with van der Waals surface area (Å²) in [6.45, 7) is 6.67. The number of aromatic nitrogens is 4. The van der Waals surface area contributed by atoms with E-state index in [2.05, 4.69) is 69.1 Å². The smallest absolute Gasteiger partial charge is 0.407 e. The molecule has 300 valence electrons. The van der Waals surface area contributed by atoms with Gasteiger partial charge in [0.1, 0.15) is 23.7 Å². The first-order valence-corrected chi connectivity index (χ1v) is 19.4. The summed E-state index contributed by atoms with van der Waals surface area (Å²) in [4.78, 5) is 71.4. The monoisotopic (exact) mass is 778 g/mol. The van der Waals surface area contributed by atoms with Crippen LogP contribution in [0.3, 0.4) is 0 Å². The van der Waals surface area contributed by atoms with Crippen molar-refractivity contribution in [2.75, 3.05) is 34.4 Å². The fourth-order valence-corrected chi connectivity index (χ4v) is 8.00. The number of carbonyl (C=O) groups is 4. The van der Waals surface area contributed by atoms with Gasteiger partial charge in [0.25, 0.3) is 0 Å². The maximum absolute atomic E-state index is 13.7. The number of rotatable bonds is 11. The number of ether oxygens (including phenoxy) is 3. The molecule has 0 radical (unpaired) electrons. The molecule has 2 aliphatic heterocycles. The Morgan fingerprint density at radius 2 is 1.28 bits per heavy atom. The lowest BCUT2D eigenvalue weighted by Crippen LogP contribution is -2.54. The quantitative estimate of drug-likeness (QED) is 0.121. The van der Waals surface area contributed by atoms with Crippen molar-refractivity contribution in [2.45, 2.75) is 76.7 Å². The number of likely N-dealkylation sites (tertiary alicyclic amines) is 2. The first-order valence-electron chi connectivity index (χ1n) is 19.4. The van der Waals surface area contributed by atoms with Gasteiger partial charge in [0.15, 0.2) is 0 Å². The van der Waals surface area contributed by atoms with Gasteiger partial charge in [-0.2, -0.15) is 0 Å². The predicted molar refractivity (Wildman–Crippen MR) is 214 cm³/mol. The lowest BCUT2D eigenvalue weighted by Gasteiger charge is -2.30. The lowest BCUT2D eigenvalue weighted by molar-refractivity contribution is -0.137. The molecule has 2 aliphatic rings. The molecule has 1 unspecified atom stereocenters. The Balaban J connectivity index is 1.07. The Morgan fingerprint density at radius 3 is 1.91 bits per heavy atom. The summed E-state index contributed by atoms with van der Waals surface area (Å²) in [5.74, 6) is 0.918. The van der Waals surface area contributed by atoms with Crippen LogP contribution >= 0.6 is 0 Å². The largest absolute Gasteiger partial charge is 0.453 e. The summed E-state index contributed by atoms with van der Waals surface area (Å²) in [6, 6.07) is 16.7. The molecule has 0 aliphatic carbocycles. The van der Waals surface area contributed by atoms with Crippen LogP contribution in [-0.4, -0.2) is 106 Å². The summed E-state index contributed by atoms with van der Waals surface area (Å²) >= 11 is 0. The summed E-state index contributed by atoms with van der Waals surface area (Å²) in [5, 5.41) is 7.48. The molecule has 0 saturated carbocycles. The van der Waals surface area contributed by atoms with Crippen molar-refractivity contribution >= 4 is 45.8 Å². The highest BCUT2D eigenvalue weighted by atomic mass is 16.5. The zero-order valence-electron chi connectivity index (χ0n) is 33.1. The molecule has 0 bridgehead atoms. The number of imidazole rings is 2. The third kappa shape index (κ3) is 8.01. The van der Waals surface area contributed by atoms with Gasteiger partial charge in [-0.25, -0.2) is 19.6 Å². The number of benzene rings is 3. The highest BCUT2D eigenvalue weighted by molar-refractivity contribution is 5.92. The number of alkyl carbamates (subject to hydrolysis) is 2. The van der Waals surface area contributed by atoms with Gasteiger partial charge in [-0.3, -0.25) is 9.59 Å². The number of nitrogens with one attached hydrogen (secondary N) is 4. The van der Waals surface area contributed by atoms with Crippen molar-refractivity contribution in [1.29, 1.82) is 0 Å². The van der Waals surface area contributed by atoms with Crippen LogP contribution in [-0.2, 0) is 23.8 Å². The number of amides is 4. The Bertz CT molecular complexity index is 2280. The van der Waals surface area contributed by atoms with Crippen LogP contribution in [0.4, 0.5) is 9.59 Å². The fourth-order valence-electron chi connectivity index (χ4n) is 8.00. The third-order valence-corrected chi connectivity index (χ3v) is 11.2. The molecule has 0 spiro atoms. The van der Waals surface area contributed by atoms with E-state index >= 15 is 0 Å². The van der Waals surface area contributed by atoms with E-state index in [0.717, 1.165) is 75.7 Å². The maximum atomic E-state index is 13.7. The SMILES string of the molecule is COC(=O)N[C@H](C(=O)N1CCCC1c1ncc(-c2ccc3cc(-c4ccc5nc([C@@H]6CCCN6C(=O)[C@@H](NC(=O)OC)[C@@H](C)OC)[nH]c5c4)ccc3c2)[nH]1)C(C)C. The van der Waals surface area contributed by atoms with Gasteiger partial charge in [0, 0.05) is 25.8 Å².